The van der Waals surface area contributed by atoms with Crippen LogP contribution < -0.4 is 5.32 Å². The molecule has 0 aromatic heterocycles. The van der Waals surface area contributed by atoms with E-state index in [0.29, 0.717) is 11.8 Å². The molecule has 2 rings (SSSR count). The van der Waals surface area contributed by atoms with Crippen LogP contribution in [0.15, 0.2) is 18.2 Å². The minimum absolute atomic E-state index is 0. The third-order valence-electron chi connectivity index (χ3n) is 3.70. The van der Waals surface area contributed by atoms with Crippen molar-refractivity contribution in [2.45, 2.75) is 32.7 Å². The third-order valence-corrected chi connectivity index (χ3v) is 3.70. The number of hydrogen-bond acceptors (Lipinski definition) is 3. The molecule has 0 aliphatic carbocycles. The van der Waals surface area contributed by atoms with Gasteiger partial charge in [0.1, 0.15) is 5.75 Å². The fraction of sp³-hybridized carbons (Fsp3) is 0.600. The van der Waals surface area contributed by atoms with Gasteiger partial charge < -0.3 is 10.4 Å². The van der Waals surface area contributed by atoms with Crippen molar-refractivity contribution < 1.29 is 5.11 Å². The van der Waals surface area contributed by atoms with E-state index >= 15 is 0 Å². The van der Waals surface area contributed by atoms with Crippen molar-refractivity contribution in [2.75, 3.05) is 26.2 Å². The molecule has 1 aliphatic heterocycles. The highest BCUT2D eigenvalue weighted by Crippen LogP contribution is 2.32. The van der Waals surface area contributed by atoms with Crippen LogP contribution in [0.2, 0.25) is 0 Å². The first-order valence-electron chi connectivity index (χ1n) is 6.96. The van der Waals surface area contributed by atoms with Crippen molar-refractivity contribution in [2.24, 2.45) is 0 Å². The maximum atomic E-state index is 10.1. The molecule has 20 heavy (non-hydrogen) atoms. The van der Waals surface area contributed by atoms with Gasteiger partial charge in [0, 0.05) is 37.8 Å². The van der Waals surface area contributed by atoms with Gasteiger partial charge in [-0.25, -0.2) is 0 Å². The Bertz CT molecular complexity index is 395. The molecular formula is C15H26Cl2N2O. The maximum absolute atomic E-state index is 10.1. The number of piperazine rings is 1. The van der Waals surface area contributed by atoms with Gasteiger partial charge in [-0.05, 0) is 19.4 Å². The van der Waals surface area contributed by atoms with E-state index in [-0.39, 0.29) is 24.8 Å². The molecule has 2 N–H and O–H groups in total. The van der Waals surface area contributed by atoms with Crippen molar-refractivity contribution >= 4 is 24.8 Å². The van der Waals surface area contributed by atoms with Gasteiger partial charge in [-0.1, -0.05) is 31.0 Å². The maximum Gasteiger partial charge on any atom is 0.120 e. The molecule has 3 nitrogen and oxygen atoms in total. The molecule has 0 radical (unpaired) electrons. The molecular weight excluding hydrogens is 295 g/mol. The third kappa shape index (κ3) is 4.81. The number of rotatable bonds is 4. The Morgan fingerprint density at radius 1 is 1.25 bits per heavy atom. The molecule has 116 valence electrons. The van der Waals surface area contributed by atoms with Crippen molar-refractivity contribution in [1.82, 2.24) is 10.2 Å². The molecule has 0 saturated carbocycles. The van der Waals surface area contributed by atoms with E-state index in [4.69, 9.17) is 0 Å². The number of aryl methyl sites for hydroxylation is 1. The zero-order chi connectivity index (χ0) is 13.0. The highest BCUT2D eigenvalue weighted by Gasteiger charge is 2.23. The van der Waals surface area contributed by atoms with Gasteiger partial charge in [-0.2, -0.15) is 0 Å². The number of phenols is 1. The molecule has 1 atom stereocenters. The average molecular weight is 321 g/mol. The first-order valence-corrected chi connectivity index (χ1v) is 6.96. The molecule has 0 unspecified atom stereocenters. The van der Waals surface area contributed by atoms with Crippen LogP contribution in [0.5, 0.6) is 5.75 Å². The lowest BCUT2D eigenvalue weighted by atomic mass is 9.97. The number of phenolic OH excluding ortho intramolecular Hbond substituents is 1. The Kier molecular flexibility index (Phi) is 9.23. The summed E-state index contributed by atoms with van der Waals surface area (Å²) in [5.74, 6) is 0.442. The van der Waals surface area contributed by atoms with Crippen molar-refractivity contribution in [3.8, 4) is 5.75 Å². The van der Waals surface area contributed by atoms with Crippen LogP contribution in [0.3, 0.4) is 0 Å². The first-order chi connectivity index (χ1) is 8.72. The van der Waals surface area contributed by atoms with Crippen LogP contribution in [0.25, 0.3) is 0 Å². The molecule has 5 heteroatoms. The molecule has 1 aromatic rings. The highest BCUT2D eigenvalue weighted by molar-refractivity contribution is 5.85. The summed E-state index contributed by atoms with van der Waals surface area (Å²) >= 11 is 0. The summed E-state index contributed by atoms with van der Waals surface area (Å²) in [6.45, 7) is 8.53. The zero-order valence-corrected chi connectivity index (χ0v) is 13.9. The lowest BCUT2D eigenvalue weighted by Crippen LogP contribution is -2.45. The van der Waals surface area contributed by atoms with E-state index in [9.17, 15) is 5.11 Å². The summed E-state index contributed by atoms with van der Waals surface area (Å²) < 4.78 is 0. The first kappa shape index (κ1) is 19.5. The summed E-state index contributed by atoms with van der Waals surface area (Å²) in [5, 5.41) is 13.5. The van der Waals surface area contributed by atoms with Gasteiger partial charge in [-0.15, -0.1) is 24.8 Å². The largest absolute Gasteiger partial charge is 0.508 e. The summed E-state index contributed by atoms with van der Waals surface area (Å²) in [6.07, 6.45) is 2.25. The van der Waals surface area contributed by atoms with E-state index in [1.165, 1.54) is 5.56 Å². The molecule has 1 aromatic carbocycles. The monoisotopic (exact) mass is 320 g/mol. The number of nitrogens with one attached hydrogen (secondary N) is 1. The Hall–Kier alpha value is -0.480. The molecule has 1 heterocycles. The number of hydrogen-bond donors (Lipinski definition) is 2. The van der Waals surface area contributed by atoms with Crippen LogP contribution in [0.1, 0.15) is 36.9 Å². The molecule has 1 saturated heterocycles. The fourth-order valence-electron chi connectivity index (χ4n) is 2.74. The quantitative estimate of drug-likeness (QED) is 0.893. The number of halogens is 2. The van der Waals surface area contributed by atoms with E-state index in [1.54, 1.807) is 0 Å². The summed E-state index contributed by atoms with van der Waals surface area (Å²) in [4.78, 5) is 2.49. The van der Waals surface area contributed by atoms with Gasteiger partial charge in [0.15, 0.2) is 0 Å². The van der Waals surface area contributed by atoms with E-state index in [1.807, 2.05) is 12.1 Å². The van der Waals surface area contributed by atoms with Crippen molar-refractivity contribution in [1.29, 1.82) is 0 Å². The van der Waals surface area contributed by atoms with Crippen molar-refractivity contribution in [3.63, 3.8) is 0 Å². The normalized spacial score (nSPS) is 16.9. The lowest BCUT2D eigenvalue weighted by Gasteiger charge is -2.35. The van der Waals surface area contributed by atoms with E-state index in [2.05, 4.69) is 30.1 Å². The Morgan fingerprint density at radius 2 is 1.90 bits per heavy atom. The average Bonchev–Trinajstić information content (AvgIpc) is 2.40. The highest BCUT2D eigenvalue weighted by atomic mass is 35.5. The van der Waals surface area contributed by atoms with Crippen LogP contribution >= 0.6 is 24.8 Å². The predicted molar refractivity (Wildman–Crippen MR) is 89.4 cm³/mol. The fourth-order valence-corrected chi connectivity index (χ4v) is 2.74. The molecule has 1 aliphatic rings. The number of benzene rings is 1. The minimum Gasteiger partial charge on any atom is -0.508 e. The second-order valence-corrected chi connectivity index (χ2v) is 5.15. The van der Waals surface area contributed by atoms with Gasteiger partial charge in [0.25, 0.3) is 0 Å². The summed E-state index contributed by atoms with van der Waals surface area (Å²) in [5.41, 5.74) is 2.32. The van der Waals surface area contributed by atoms with Gasteiger partial charge in [0.2, 0.25) is 0 Å². The SMILES string of the molecule is CCC[C@@H](c1cc(C)ccc1O)N1CCNCC1.Cl.Cl. The van der Waals surface area contributed by atoms with Crippen LogP contribution in [0.4, 0.5) is 0 Å². The minimum atomic E-state index is 0. The Morgan fingerprint density at radius 3 is 2.50 bits per heavy atom. The summed E-state index contributed by atoms with van der Waals surface area (Å²) in [6, 6.07) is 6.30. The standard InChI is InChI=1S/C15H24N2O.2ClH/c1-3-4-14(17-9-7-16-8-10-17)13-11-12(2)5-6-15(13)18;;/h5-6,11,14,16,18H,3-4,7-10H2,1-2H3;2*1H/t14-;;/m0../s1. The van der Waals surface area contributed by atoms with Gasteiger partial charge >= 0.3 is 0 Å². The summed E-state index contributed by atoms with van der Waals surface area (Å²) in [7, 11) is 0. The molecule has 0 bridgehead atoms. The van der Waals surface area contributed by atoms with E-state index in [0.717, 1.165) is 44.6 Å². The van der Waals surface area contributed by atoms with Gasteiger partial charge in [-0.3, -0.25) is 4.90 Å². The lowest BCUT2D eigenvalue weighted by molar-refractivity contribution is 0.162. The van der Waals surface area contributed by atoms with Crippen LogP contribution in [-0.4, -0.2) is 36.2 Å². The topological polar surface area (TPSA) is 35.5 Å². The molecule has 0 spiro atoms. The number of nitrogens with zero attached hydrogens (tertiary/aromatic N) is 1. The predicted octanol–water partition coefficient (Wildman–Crippen LogP) is 3.29. The van der Waals surface area contributed by atoms with Crippen LogP contribution in [0, 0.1) is 6.92 Å². The smallest absolute Gasteiger partial charge is 0.120 e. The van der Waals surface area contributed by atoms with E-state index < -0.39 is 0 Å². The molecule has 1 fully saturated rings. The van der Waals surface area contributed by atoms with Crippen molar-refractivity contribution in [3.05, 3.63) is 29.3 Å². The Labute approximate surface area is 134 Å². The van der Waals surface area contributed by atoms with Gasteiger partial charge in [0.05, 0.1) is 0 Å². The second kappa shape index (κ2) is 9.46. The number of aromatic hydroxyl groups is 1. The van der Waals surface area contributed by atoms with Crippen LogP contribution in [-0.2, 0) is 0 Å². The second-order valence-electron chi connectivity index (χ2n) is 5.15. The molecule has 0 amide bonds. The zero-order valence-electron chi connectivity index (χ0n) is 12.3. The Balaban J connectivity index is 0.00000180.